The minimum Gasteiger partial charge on any atom is -0.481 e. The maximum absolute atomic E-state index is 12.6. The quantitative estimate of drug-likeness (QED) is 0.672. The highest BCUT2D eigenvalue weighted by molar-refractivity contribution is 6.08. The number of H-pyrrole nitrogens is 1. The zero-order valence-electron chi connectivity index (χ0n) is 16.0. The number of hydrogen-bond acceptors (Lipinski definition) is 3. The number of carbonyl (C=O) groups is 1. The molecule has 5 nitrogen and oxygen atoms in total. The molecule has 2 aromatic carbocycles. The summed E-state index contributed by atoms with van der Waals surface area (Å²) in [5.41, 5.74) is 2.64. The molecule has 0 saturated heterocycles. The number of rotatable bonds is 4. The van der Waals surface area contributed by atoms with Crippen LogP contribution in [-0.4, -0.2) is 22.7 Å². The third-order valence-corrected chi connectivity index (χ3v) is 4.27. The average Bonchev–Trinajstić information content (AvgIpc) is 3.03. The first-order valence-corrected chi connectivity index (χ1v) is 8.81. The maximum Gasteiger partial charge on any atom is 0.256 e. The number of benzene rings is 2. The molecule has 0 fully saturated rings. The van der Waals surface area contributed by atoms with Crippen LogP contribution in [0, 0.1) is 11.8 Å². The Labute approximate surface area is 159 Å². The van der Waals surface area contributed by atoms with Gasteiger partial charge in [0.2, 0.25) is 0 Å². The van der Waals surface area contributed by atoms with Gasteiger partial charge in [-0.1, -0.05) is 38.8 Å². The Hall–Kier alpha value is -3.26. The molecular formula is C22H23N3O2. The predicted octanol–water partition coefficient (Wildman–Crippen LogP) is 4.51. The molecular weight excluding hydrogens is 338 g/mol. The first-order valence-electron chi connectivity index (χ1n) is 8.81. The van der Waals surface area contributed by atoms with Crippen molar-refractivity contribution in [3.05, 3.63) is 53.6 Å². The zero-order valence-corrected chi connectivity index (χ0v) is 16.0. The topological polar surface area (TPSA) is 67.0 Å². The highest BCUT2D eigenvalue weighted by Crippen LogP contribution is 2.26. The van der Waals surface area contributed by atoms with Crippen molar-refractivity contribution in [3.63, 3.8) is 0 Å². The molecule has 0 aliphatic heterocycles. The van der Waals surface area contributed by atoms with E-state index in [2.05, 4.69) is 48.1 Å². The number of aromatic nitrogens is 2. The lowest BCUT2D eigenvalue weighted by Gasteiger charge is -2.19. The molecule has 5 heteroatoms. The van der Waals surface area contributed by atoms with Crippen molar-refractivity contribution in [2.45, 2.75) is 33.1 Å². The predicted molar refractivity (Wildman–Crippen MR) is 108 cm³/mol. The van der Waals surface area contributed by atoms with Gasteiger partial charge in [-0.25, -0.2) is 0 Å². The number of anilines is 1. The molecule has 0 bridgehead atoms. The molecule has 0 atom stereocenters. The molecule has 3 aromatic rings. The molecule has 138 valence electrons. The van der Waals surface area contributed by atoms with E-state index >= 15 is 0 Å². The molecule has 2 N–H and O–H groups in total. The second-order valence-corrected chi connectivity index (χ2v) is 7.28. The van der Waals surface area contributed by atoms with Gasteiger partial charge in [0.25, 0.3) is 5.91 Å². The molecule has 1 aromatic heterocycles. The number of carbonyl (C=O) groups excluding carboxylic acids is 1. The van der Waals surface area contributed by atoms with E-state index in [4.69, 9.17) is 4.74 Å². The summed E-state index contributed by atoms with van der Waals surface area (Å²) in [7, 11) is 0. The summed E-state index contributed by atoms with van der Waals surface area (Å²) in [5, 5.41) is 10.8. The van der Waals surface area contributed by atoms with Gasteiger partial charge < -0.3 is 10.1 Å². The van der Waals surface area contributed by atoms with Crippen molar-refractivity contribution in [2.75, 3.05) is 11.9 Å². The van der Waals surface area contributed by atoms with Crippen LogP contribution < -0.4 is 10.1 Å². The van der Waals surface area contributed by atoms with Crippen LogP contribution in [0.3, 0.4) is 0 Å². The van der Waals surface area contributed by atoms with Gasteiger partial charge in [-0.05, 0) is 48.2 Å². The minimum absolute atomic E-state index is 0.0476. The Morgan fingerprint density at radius 3 is 2.59 bits per heavy atom. The zero-order chi connectivity index (χ0) is 19.4. The molecule has 1 heterocycles. The number of fused-ring (bicyclic) bond motifs is 1. The van der Waals surface area contributed by atoms with E-state index in [1.165, 1.54) is 5.56 Å². The van der Waals surface area contributed by atoms with Crippen molar-refractivity contribution in [1.82, 2.24) is 10.2 Å². The third kappa shape index (κ3) is 4.29. The standard InChI is InChI=1S/C22H23N3O2/c1-5-6-13-27-17-11-12-19-18(14-17)20(25-24-19)23-21(26)15-7-9-16(10-8-15)22(2,3)4/h7-12,14H,13H2,1-4H3,(H2,23,24,25,26). The number of nitrogens with one attached hydrogen (secondary N) is 2. The summed E-state index contributed by atoms with van der Waals surface area (Å²) in [6.07, 6.45) is 0. The summed E-state index contributed by atoms with van der Waals surface area (Å²) in [4.78, 5) is 12.6. The Kier molecular flexibility index (Phi) is 5.18. The lowest BCUT2D eigenvalue weighted by molar-refractivity contribution is 0.102. The van der Waals surface area contributed by atoms with E-state index in [-0.39, 0.29) is 11.3 Å². The first kappa shape index (κ1) is 18.5. The van der Waals surface area contributed by atoms with Gasteiger partial charge in [0.1, 0.15) is 12.4 Å². The van der Waals surface area contributed by atoms with Crippen LogP contribution in [0.25, 0.3) is 10.9 Å². The third-order valence-electron chi connectivity index (χ3n) is 4.27. The highest BCUT2D eigenvalue weighted by atomic mass is 16.5. The van der Waals surface area contributed by atoms with E-state index in [0.717, 1.165) is 10.9 Å². The highest BCUT2D eigenvalue weighted by Gasteiger charge is 2.15. The average molecular weight is 361 g/mol. The molecule has 0 unspecified atom stereocenters. The van der Waals surface area contributed by atoms with E-state index in [9.17, 15) is 4.79 Å². The normalized spacial score (nSPS) is 11.0. The summed E-state index contributed by atoms with van der Waals surface area (Å²) in [5.74, 6) is 6.59. The summed E-state index contributed by atoms with van der Waals surface area (Å²) in [6.45, 7) is 8.52. The molecule has 0 spiro atoms. The van der Waals surface area contributed by atoms with Crippen LogP contribution in [0.1, 0.15) is 43.6 Å². The minimum atomic E-state index is -0.202. The fourth-order valence-corrected chi connectivity index (χ4v) is 2.67. The van der Waals surface area contributed by atoms with Gasteiger partial charge in [-0.3, -0.25) is 9.89 Å². The van der Waals surface area contributed by atoms with Crippen LogP contribution >= 0.6 is 0 Å². The largest absolute Gasteiger partial charge is 0.481 e. The second kappa shape index (κ2) is 7.55. The molecule has 0 aliphatic rings. The molecule has 27 heavy (non-hydrogen) atoms. The summed E-state index contributed by atoms with van der Waals surface area (Å²) in [6, 6.07) is 13.2. The fraction of sp³-hybridized carbons (Fsp3) is 0.273. The first-order chi connectivity index (χ1) is 12.9. The van der Waals surface area contributed by atoms with Gasteiger partial charge in [0, 0.05) is 10.9 Å². The van der Waals surface area contributed by atoms with E-state index in [1.807, 2.05) is 42.5 Å². The SMILES string of the molecule is CC#CCOc1ccc2[nH]nc(NC(=O)c3ccc(C(C)(C)C)cc3)c2c1. The van der Waals surface area contributed by atoms with Crippen LogP contribution in [-0.2, 0) is 5.41 Å². The maximum atomic E-state index is 12.6. The number of hydrogen-bond donors (Lipinski definition) is 2. The van der Waals surface area contributed by atoms with E-state index in [1.54, 1.807) is 6.92 Å². The Balaban J connectivity index is 1.79. The monoisotopic (exact) mass is 361 g/mol. The molecule has 1 amide bonds. The molecule has 0 radical (unpaired) electrons. The van der Waals surface area contributed by atoms with Gasteiger partial charge in [0.05, 0.1) is 5.52 Å². The van der Waals surface area contributed by atoms with Crippen LogP contribution in [0.4, 0.5) is 5.82 Å². The molecule has 3 rings (SSSR count). The fourth-order valence-electron chi connectivity index (χ4n) is 2.67. The number of aromatic amines is 1. The Morgan fingerprint density at radius 2 is 1.93 bits per heavy atom. The van der Waals surface area contributed by atoms with Gasteiger partial charge in [0.15, 0.2) is 5.82 Å². The van der Waals surface area contributed by atoms with Gasteiger partial charge >= 0.3 is 0 Å². The number of ether oxygens (including phenoxy) is 1. The number of nitrogens with zero attached hydrogens (tertiary/aromatic N) is 1. The lowest BCUT2D eigenvalue weighted by Crippen LogP contribution is -2.14. The summed E-state index contributed by atoms with van der Waals surface area (Å²) >= 11 is 0. The van der Waals surface area contributed by atoms with Crippen molar-refractivity contribution in [3.8, 4) is 17.6 Å². The summed E-state index contributed by atoms with van der Waals surface area (Å²) < 4.78 is 5.59. The Morgan fingerprint density at radius 1 is 1.19 bits per heavy atom. The lowest BCUT2D eigenvalue weighted by atomic mass is 9.87. The van der Waals surface area contributed by atoms with E-state index in [0.29, 0.717) is 23.7 Å². The van der Waals surface area contributed by atoms with E-state index < -0.39 is 0 Å². The number of amides is 1. The Bertz CT molecular complexity index is 1020. The van der Waals surface area contributed by atoms with Gasteiger partial charge in [-0.2, -0.15) is 5.10 Å². The smallest absolute Gasteiger partial charge is 0.256 e. The van der Waals surface area contributed by atoms with Crippen molar-refractivity contribution >= 4 is 22.6 Å². The second-order valence-electron chi connectivity index (χ2n) is 7.28. The van der Waals surface area contributed by atoms with Gasteiger partial charge in [-0.15, -0.1) is 5.92 Å². The van der Waals surface area contributed by atoms with Crippen molar-refractivity contribution in [1.29, 1.82) is 0 Å². The van der Waals surface area contributed by atoms with Crippen molar-refractivity contribution < 1.29 is 9.53 Å². The molecule has 0 saturated carbocycles. The van der Waals surface area contributed by atoms with Crippen molar-refractivity contribution in [2.24, 2.45) is 0 Å². The van der Waals surface area contributed by atoms with Crippen LogP contribution in [0.15, 0.2) is 42.5 Å². The van der Waals surface area contributed by atoms with Crippen LogP contribution in [0.5, 0.6) is 5.75 Å². The molecule has 0 aliphatic carbocycles. The van der Waals surface area contributed by atoms with Crippen LogP contribution in [0.2, 0.25) is 0 Å².